The molecule has 3 rings (SSSR count). The van der Waals surface area contributed by atoms with E-state index in [0.29, 0.717) is 11.3 Å². The molecule has 25 heavy (non-hydrogen) atoms. The van der Waals surface area contributed by atoms with Gasteiger partial charge in [-0.1, -0.05) is 12.1 Å². The number of rotatable bonds is 5. The van der Waals surface area contributed by atoms with Gasteiger partial charge in [-0.15, -0.1) is 0 Å². The Morgan fingerprint density at radius 3 is 2.44 bits per heavy atom. The third-order valence-corrected chi connectivity index (χ3v) is 4.81. The number of ether oxygens (including phenoxy) is 1. The van der Waals surface area contributed by atoms with Gasteiger partial charge in [-0.3, -0.25) is 4.79 Å². The number of amides is 1. The van der Waals surface area contributed by atoms with E-state index in [4.69, 9.17) is 4.74 Å². The minimum absolute atomic E-state index is 0.162. The molecule has 0 bridgehead atoms. The molecular formula is C20H26N3O2+. The first-order valence-electron chi connectivity index (χ1n) is 8.84. The van der Waals surface area contributed by atoms with E-state index in [1.165, 1.54) is 25.3 Å². The number of nitrogens with zero attached hydrogens (tertiary/aromatic N) is 1. The summed E-state index contributed by atoms with van der Waals surface area (Å²) in [5, 5.41) is 2.94. The lowest BCUT2D eigenvalue weighted by Gasteiger charge is -2.33. The van der Waals surface area contributed by atoms with Gasteiger partial charge in [0.15, 0.2) is 0 Å². The molecule has 2 aromatic rings. The molecule has 0 unspecified atom stereocenters. The highest BCUT2D eigenvalue weighted by Gasteiger charge is 2.18. The summed E-state index contributed by atoms with van der Waals surface area (Å²) in [6.45, 7) is 7.96. The summed E-state index contributed by atoms with van der Waals surface area (Å²) >= 11 is 0. The van der Waals surface area contributed by atoms with Crippen LogP contribution in [0.15, 0.2) is 48.5 Å². The molecule has 0 aliphatic carbocycles. The summed E-state index contributed by atoms with van der Waals surface area (Å²) in [5.41, 5.74) is 2.54. The first kappa shape index (κ1) is 17.3. The third-order valence-electron chi connectivity index (χ3n) is 4.81. The zero-order valence-corrected chi connectivity index (χ0v) is 14.9. The summed E-state index contributed by atoms with van der Waals surface area (Å²) < 4.78 is 5.25. The van der Waals surface area contributed by atoms with Crippen molar-refractivity contribution in [2.75, 3.05) is 50.1 Å². The van der Waals surface area contributed by atoms with Gasteiger partial charge in [0.05, 0.1) is 45.4 Å². The largest absolute Gasteiger partial charge is 0.496 e. The molecule has 1 heterocycles. The third kappa shape index (κ3) is 4.12. The van der Waals surface area contributed by atoms with Crippen molar-refractivity contribution < 1.29 is 14.4 Å². The molecule has 1 aliphatic rings. The normalized spacial score (nSPS) is 15.0. The van der Waals surface area contributed by atoms with Crippen LogP contribution in [-0.2, 0) is 0 Å². The highest BCUT2D eigenvalue weighted by Crippen LogP contribution is 2.21. The maximum atomic E-state index is 12.4. The summed E-state index contributed by atoms with van der Waals surface area (Å²) in [6, 6.07) is 15.3. The average molecular weight is 340 g/mol. The van der Waals surface area contributed by atoms with Gasteiger partial charge in [-0.25, -0.2) is 0 Å². The van der Waals surface area contributed by atoms with Crippen LogP contribution in [0.2, 0.25) is 0 Å². The van der Waals surface area contributed by atoms with Gasteiger partial charge in [0.1, 0.15) is 5.75 Å². The Morgan fingerprint density at radius 1 is 1.12 bits per heavy atom. The molecule has 0 atom stereocenters. The second-order valence-corrected chi connectivity index (χ2v) is 6.29. The monoisotopic (exact) mass is 340 g/mol. The Balaban J connectivity index is 1.64. The number of carbonyl (C=O) groups excluding carboxylic acids is 1. The fourth-order valence-electron chi connectivity index (χ4n) is 3.22. The number of likely N-dealkylation sites (N-methyl/N-ethyl adjacent to an activating group) is 1. The number of quaternary nitrogens is 1. The number of benzene rings is 2. The first-order valence-corrected chi connectivity index (χ1v) is 8.84. The van der Waals surface area contributed by atoms with Crippen molar-refractivity contribution in [3.63, 3.8) is 0 Å². The van der Waals surface area contributed by atoms with Crippen molar-refractivity contribution in [1.82, 2.24) is 0 Å². The minimum Gasteiger partial charge on any atom is -0.496 e. The van der Waals surface area contributed by atoms with E-state index in [0.717, 1.165) is 18.8 Å². The lowest BCUT2D eigenvalue weighted by Crippen LogP contribution is -3.14. The number of hydrogen-bond acceptors (Lipinski definition) is 3. The van der Waals surface area contributed by atoms with Gasteiger partial charge < -0.3 is 19.9 Å². The summed E-state index contributed by atoms with van der Waals surface area (Å²) in [5.74, 6) is 0.415. The number of piperazine rings is 1. The molecule has 5 nitrogen and oxygen atoms in total. The maximum Gasteiger partial charge on any atom is 0.259 e. The van der Waals surface area contributed by atoms with Gasteiger partial charge in [0, 0.05) is 11.4 Å². The predicted molar refractivity (Wildman–Crippen MR) is 101 cm³/mol. The number of carbonyl (C=O) groups is 1. The van der Waals surface area contributed by atoms with E-state index >= 15 is 0 Å². The average Bonchev–Trinajstić information content (AvgIpc) is 2.68. The highest BCUT2D eigenvalue weighted by molar-refractivity contribution is 6.06. The Hall–Kier alpha value is -2.53. The second-order valence-electron chi connectivity index (χ2n) is 6.29. The smallest absolute Gasteiger partial charge is 0.259 e. The Labute approximate surface area is 149 Å². The molecular weight excluding hydrogens is 314 g/mol. The van der Waals surface area contributed by atoms with Crippen LogP contribution in [0.3, 0.4) is 0 Å². The summed E-state index contributed by atoms with van der Waals surface area (Å²) in [7, 11) is 1.57. The van der Waals surface area contributed by atoms with Gasteiger partial charge in [-0.2, -0.15) is 0 Å². The molecule has 5 heteroatoms. The first-order chi connectivity index (χ1) is 12.2. The maximum absolute atomic E-state index is 12.4. The van der Waals surface area contributed by atoms with E-state index < -0.39 is 0 Å². The Bertz CT molecular complexity index is 707. The van der Waals surface area contributed by atoms with Crippen molar-refractivity contribution in [3.8, 4) is 5.75 Å². The van der Waals surface area contributed by atoms with Crippen LogP contribution in [0.4, 0.5) is 11.4 Å². The molecule has 1 aliphatic heterocycles. The Kier molecular flexibility index (Phi) is 5.56. The van der Waals surface area contributed by atoms with E-state index in [1.807, 2.05) is 24.3 Å². The second kappa shape index (κ2) is 8.03. The van der Waals surface area contributed by atoms with Crippen LogP contribution in [0.25, 0.3) is 0 Å². The fourth-order valence-corrected chi connectivity index (χ4v) is 3.22. The van der Waals surface area contributed by atoms with Crippen LogP contribution in [0, 0.1) is 0 Å². The van der Waals surface area contributed by atoms with Crippen molar-refractivity contribution in [2.24, 2.45) is 0 Å². The van der Waals surface area contributed by atoms with Gasteiger partial charge >= 0.3 is 0 Å². The molecule has 1 amide bonds. The molecule has 2 aromatic carbocycles. The van der Waals surface area contributed by atoms with Crippen LogP contribution < -0.4 is 19.9 Å². The quantitative estimate of drug-likeness (QED) is 0.870. The molecule has 1 saturated heterocycles. The zero-order chi connectivity index (χ0) is 17.6. The fraction of sp³-hybridized carbons (Fsp3) is 0.350. The number of anilines is 2. The molecule has 0 saturated carbocycles. The topological polar surface area (TPSA) is 46.0 Å². The molecule has 2 N–H and O–H groups in total. The van der Waals surface area contributed by atoms with E-state index in [-0.39, 0.29) is 5.91 Å². The van der Waals surface area contributed by atoms with Crippen LogP contribution in [-0.4, -0.2) is 45.7 Å². The summed E-state index contributed by atoms with van der Waals surface area (Å²) in [4.78, 5) is 16.5. The SMILES string of the molecule is CC[NH+]1CCN(c2ccc(NC(=O)c3ccccc3OC)cc2)CC1. The Morgan fingerprint density at radius 2 is 1.80 bits per heavy atom. The van der Waals surface area contributed by atoms with Gasteiger partial charge in [0.2, 0.25) is 0 Å². The van der Waals surface area contributed by atoms with Crippen molar-refractivity contribution >= 4 is 17.3 Å². The van der Waals surface area contributed by atoms with E-state index in [9.17, 15) is 4.79 Å². The molecule has 0 spiro atoms. The van der Waals surface area contributed by atoms with Gasteiger partial charge in [-0.05, 0) is 43.3 Å². The van der Waals surface area contributed by atoms with Crippen LogP contribution in [0.5, 0.6) is 5.75 Å². The van der Waals surface area contributed by atoms with Crippen LogP contribution in [0.1, 0.15) is 17.3 Å². The molecule has 0 radical (unpaired) electrons. The predicted octanol–water partition coefficient (Wildman–Crippen LogP) is 1.67. The van der Waals surface area contributed by atoms with Crippen molar-refractivity contribution in [1.29, 1.82) is 0 Å². The van der Waals surface area contributed by atoms with E-state index in [2.05, 4.69) is 29.3 Å². The van der Waals surface area contributed by atoms with Crippen molar-refractivity contribution in [2.45, 2.75) is 6.92 Å². The van der Waals surface area contributed by atoms with E-state index in [1.54, 1.807) is 24.1 Å². The summed E-state index contributed by atoms with van der Waals surface area (Å²) in [6.07, 6.45) is 0. The molecule has 132 valence electrons. The molecule has 1 fully saturated rings. The lowest BCUT2D eigenvalue weighted by molar-refractivity contribution is -0.898. The standard InChI is InChI=1S/C20H25N3O2/c1-3-22-12-14-23(15-13-22)17-10-8-16(9-11-17)21-20(24)18-6-4-5-7-19(18)25-2/h4-11H,3,12-15H2,1-2H3,(H,21,24)/p+1. The number of nitrogens with one attached hydrogen (secondary N) is 2. The zero-order valence-electron chi connectivity index (χ0n) is 14.9. The van der Waals surface area contributed by atoms with Gasteiger partial charge in [0.25, 0.3) is 5.91 Å². The number of para-hydroxylation sites is 1. The number of hydrogen-bond donors (Lipinski definition) is 2. The molecule has 0 aromatic heterocycles. The highest BCUT2D eigenvalue weighted by atomic mass is 16.5. The van der Waals surface area contributed by atoms with Crippen LogP contribution >= 0.6 is 0 Å². The van der Waals surface area contributed by atoms with Crippen molar-refractivity contribution in [3.05, 3.63) is 54.1 Å². The minimum atomic E-state index is -0.162. The number of methoxy groups -OCH3 is 1. The lowest BCUT2D eigenvalue weighted by atomic mass is 10.1.